The van der Waals surface area contributed by atoms with Gasteiger partial charge in [0.05, 0.1) is 19.3 Å². The standard InChI is InChI=1S/C15H23IO2/c1-11(2)8-12(3)18-15(10-16)13-6-5-7-14(9-13)17-4/h5-7,9,11-12,15H,8,10H2,1-4H3. The van der Waals surface area contributed by atoms with E-state index in [9.17, 15) is 0 Å². The van der Waals surface area contributed by atoms with Crippen LogP contribution >= 0.6 is 22.6 Å². The Balaban J connectivity index is 2.70. The van der Waals surface area contributed by atoms with Crippen molar-refractivity contribution in [2.24, 2.45) is 5.92 Å². The molecule has 0 fully saturated rings. The summed E-state index contributed by atoms with van der Waals surface area (Å²) in [5.74, 6) is 1.56. The Kier molecular flexibility index (Phi) is 7.00. The summed E-state index contributed by atoms with van der Waals surface area (Å²) < 4.78 is 12.3. The summed E-state index contributed by atoms with van der Waals surface area (Å²) in [6, 6.07) is 8.15. The molecule has 2 nitrogen and oxygen atoms in total. The van der Waals surface area contributed by atoms with Crippen LogP contribution < -0.4 is 4.74 Å². The number of rotatable bonds is 7. The van der Waals surface area contributed by atoms with Gasteiger partial charge in [0.15, 0.2) is 0 Å². The first-order valence-corrected chi connectivity index (χ1v) is 7.94. The topological polar surface area (TPSA) is 18.5 Å². The van der Waals surface area contributed by atoms with Crippen LogP contribution in [0.4, 0.5) is 0 Å². The number of hydrogen-bond acceptors (Lipinski definition) is 2. The molecule has 18 heavy (non-hydrogen) atoms. The molecule has 0 aliphatic carbocycles. The van der Waals surface area contributed by atoms with Crippen LogP contribution in [0.15, 0.2) is 24.3 Å². The van der Waals surface area contributed by atoms with Gasteiger partial charge in [0.2, 0.25) is 0 Å². The van der Waals surface area contributed by atoms with E-state index in [1.54, 1.807) is 7.11 Å². The van der Waals surface area contributed by atoms with Gasteiger partial charge in [-0.3, -0.25) is 0 Å². The highest BCUT2D eigenvalue weighted by Gasteiger charge is 2.15. The molecule has 1 aromatic rings. The zero-order valence-corrected chi connectivity index (χ0v) is 13.8. The van der Waals surface area contributed by atoms with Gasteiger partial charge in [-0.25, -0.2) is 0 Å². The van der Waals surface area contributed by atoms with Crippen molar-refractivity contribution in [3.8, 4) is 5.75 Å². The molecule has 0 N–H and O–H groups in total. The summed E-state index contributed by atoms with van der Waals surface area (Å²) in [4.78, 5) is 0. The van der Waals surface area contributed by atoms with Crippen molar-refractivity contribution in [3.05, 3.63) is 29.8 Å². The van der Waals surface area contributed by atoms with E-state index in [2.05, 4.69) is 55.5 Å². The number of benzene rings is 1. The largest absolute Gasteiger partial charge is 0.497 e. The summed E-state index contributed by atoms with van der Waals surface area (Å²) in [5, 5.41) is 0. The molecule has 3 heteroatoms. The molecule has 2 unspecified atom stereocenters. The molecule has 2 atom stereocenters. The average molecular weight is 362 g/mol. The van der Waals surface area contributed by atoms with Gasteiger partial charge in [-0.05, 0) is 37.0 Å². The fourth-order valence-corrected chi connectivity index (χ4v) is 2.76. The van der Waals surface area contributed by atoms with Crippen molar-refractivity contribution in [1.29, 1.82) is 0 Å². The minimum atomic E-state index is 0.148. The molecule has 0 spiro atoms. The third-order valence-electron chi connectivity index (χ3n) is 2.81. The SMILES string of the molecule is COc1cccc(C(CI)OC(C)CC(C)C)c1. The summed E-state index contributed by atoms with van der Waals surface area (Å²) in [6.07, 6.45) is 1.53. The zero-order valence-electron chi connectivity index (χ0n) is 11.7. The lowest BCUT2D eigenvalue weighted by Gasteiger charge is -2.22. The molecule has 0 aromatic heterocycles. The molecule has 0 radical (unpaired) electrons. The summed E-state index contributed by atoms with van der Waals surface area (Å²) >= 11 is 2.38. The third-order valence-corrected chi connectivity index (χ3v) is 3.61. The Morgan fingerprint density at radius 3 is 2.50 bits per heavy atom. The Bertz CT molecular complexity index is 352. The van der Waals surface area contributed by atoms with Crippen molar-refractivity contribution in [2.45, 2.75) is 39.4 Å². The molecule has 0 saturated heterocycles. The predicted molar refractivity (Wildman–Crippen MR) is 84.6 cm³/mol. The first-order valence-electron chi connectivity index (χ1n) is 6.42. The maximum Gasteiger partial charge on any atom is 0.119 e. The van der Waals surface area contributed by atoms with Crippen molar-refractivity contribution < 1.29 is 9.47 Å². The van der Waals surface area contributed by atoms with Crippen molar-refractivity contribution in [2.75, 3.05) is 11.5 Å². The molecule has 0 aliphatic heterocycles. The molecule has 1 aromatic carbocycles. The number of ether oxygens (including phenoxy) is 2. The molecule has 0 heterocycles. The second-order valence-corrected chi connectivity index (χ2v) is 5.88. The smallest absolute Gasteiger partial charge is 0.119 e. The van der Waals surface area contributed by atoms with E-state index in [4.69, 9.17) is 9.47 Å². The highest BCUT2D eigenvalue weighted by atomic mass is 127. The Morgan fingerprint density at radius 1 is 1.22 bits per heavy atom. The van der Waals surface area contributed by atoms with E-state index in [1.165, 1.54) is 5.56 Å². The van der Waals surface area contributed by atoms with Gasteiger partial charge in [0.1, 0.15) is 5.75 Å². The van der Waals surface area contributed by atoms with Gasteiger partial charge < -0.3 is 9.47 Å². The number of hydrogen-bond donors (Lipinski definition) is 0. The Hall–Kier alpha value is -0.290. The van der Waals surface area contributed by atoms with E-state index < -0.39 is 0 Å². The maximum absolute atomic E-state index is 6.13. The molecule has 1 rings (SSSR count). The van der Waals surface area contributed by atoms with Gasteiger partial charge in [-0.15, -0.1) is 0 Å². The highest BCUT2D eigenvalue weighted by Crippen LogP contribution is 2.26. The highest BCUT2D eigenvalue weighted by molar-refractivity contribution is 14.1. The van der Waals surface area contributed by atoms with Crippen molar-refractivity contribution in [1.82, 2.24) is 0 Å². The average Bonchev–Trinajstić information content (AvgIpc) is 2.35. The quantitative estimate of drug-likeness (QED) is 0.520. The van der Waals surface area contributed by atoms with Gasteiger partial charge in [-0.1, -0.05) is 48.6 Å². The Morgan fingerprint density at radius 2 is 1.94 bits per heavy atom. The van der Waals surface area contributed by atoms with Gasteiger partial charge in [0, 0.05) is 4.43 Å². The minimum Gasteiger partial charge on any atom is -0.497 e. The molecule has 0 bridgehead atoms. The number of halogens is 1. The van der Waals surface area contributed by atoms with Gasteiger partial charge >= 0.3 is 0 Å². The van der Waals surface area contributed by atoms with E-state index in [0.717, 1.165) is 16.6 Å². The van der Waals surface area contributed by atoms with Crippen LogP contribution in [-0.2, 0) is 4.74 Å². The lowest BCUT2D eigenvalue weighted by atomic mass is 10.1. The lowest BCUT2D eigenvalue weighted by molar-refractivity contribution is 0.000788. The number of alkyl halides is 1. The molecular weight excluding hydrogens is 339 g/mol. The lowest BCUT2D eigenvalue weighted by Crippen LogP contribution is -2.16. The third kappa shape index (κ3) is 5.14. The molecule has 0 amide bonds. The van der Waals surface area contributed by atoms with Crippen LogP contribution in [0.2, 0.25) is 0 Å². The van der Waals surface area contributed by atoms with Crippen LogP contribution in [0, 0.1) is 5.92 Å². The van der Waals surface area contributed by atoms with Crippen molar-refractivity contribution >= 4 is 22.6 Å². The van der Waals surface area contributed by atoms with E-state index in [-0.39, 0.29) is 12.2 Å². The van der Waals surface area contributed by atoms with Crippen LogP contribution in [0.25, 0.3) is 0 Å². The monoisotopic (exact) mass is 362 g/mol. The zero-order chi connectivity index (χ0) is 13.5. The van der Waals surface area contributed by atoms with E-state index in [1.807, 2.05) is 12.1 Å². The minimum absolute atomic E-state index is 0.148. The molecular formula is C15H23IO2. The fraction of sp³-hybridized carbons (Fsp3) is 0.600. The summed E-state index contributed by atoms with van der Waals surface area (Å²) in [6.45, 7) is 6.61. The van der Waals surface area contributed by atoms with Crippen molar-refractivity contribution in [3.63, 3.8) is 0 Å². The van der Waals surface area contributed by atoms with Crippen LogP contribution in [0.5, 0.6) is 5.75 Å². The molecule has 102 valence electrons. The van der Waals surface area contributed by atoms with Gasteiger partial charge in [0.25, 0.3) is 0 Å². The maximum atomic E-state index is 6.13. The normalized spacial score (nSPS) is 14.6. The van der Waals surface area contributed by atoms with Crippen LogP contribution in [0.1, 0.15) is 38.9 Å². The van der Waals surface area contributed by atoms with Gasteiger partial charge in [-0.2, -0.15) is 0 Å². The first-order chi connectivity index (χ1) is 8.56. The van der Waals surface area contributed by atoms with Crippen LogP contribution in [-0.4, -0.2) is 17.6 Å². The summed E-state index contributed by atoms with van der Waals surface area (Å²) in [5.41, 5.74) is 1.19. The Labute approximate surface area is 124 Å². The summed E-state index contributed by atoms with van der Waals surface area (Å²) in [7, 11) is 1.69. The second-order valence-electron chi connectivity index (χ2n) is 5.00. The second kappa shape index (κ2) is 8.00. The predicted octanol–water partition coefficient (Wildman–Crippen LogP) is 4.62. The molecule has 0 aliphatic rings. The number of methoxy groups -OCH3 is 1. The van der Waals surface area contributed by atoms with E-state index in [0.29, 0.717) is 5.92 Å². The fourth-order valence-electron chi connectivity index (χ4n) is 2.05. The van der Waals surface area contributed by atoms with E-state index >= 15 is 0 Å². The molecule has 0 saturated carbocycles. The van der Waals surface area contributed by atoms with Crippen LogP contribution in [0.3, 0.4) is 0 Å². The first kappa shape index (κ1) is 15.8.